The van der Waals surface area contributed by atoms with Crippen LogP contribution in [-0.4, -0.2) is 11.2 Å². The summed E-state index contributed by atoms with van der Waals surface area (Å²) in [6.07, 6.45) is 1.49. The zero-order valence-corrected chi connectivity index (χ0v) is 12.8. The fourth-order valence-corrected chi connectivity index (χ4v) is 3.07. The smallest absolute Gasteiger partial charge is 0.360 e. The Bertz CT molecular complexity index is 704. The highest BCUT2D eigenvalue weighted by atomic mass is 19.4. The molecular weight excluding hydrogens is 287 g/mol. The van der Waals surface area contributed by atoms with Gasteiger partial charge >= 0.3 is 6.18 Å². The number of nitrogens with one attached hydrogen (secondary N) is 1. The molecule has 1 atom stereocenters. The monoisotopic (exact) mass is 305 g/mol. The number of alkyl halides is 3. The standard InChI is InChI=1S/C18H18F3N/c1-5-15-12(3)16(22-13(15)4)17(6-2,18(19,20)21)14-10-8-7-9-11-14/h2,7-11,22H,5H2,1,3-4H3/t17-/m0/s1. The van der Waals surface area contributed by atoms with Gasteiger partial charge in [-0.1, -0.05) is 43.2 Å². The normalized spacial score (nSPS) is 14.4. The lowest BCUT2D eigenvalue weighted by atomic mass is 9.76. The van der Waals surface area contributed by atoms with E-state index in [1.807, 2.05) is 12.8 Å². The van der Waals surface area contributed by atoms with E-state index >= 15 is 0 Å². The van der Waals surface area contributed by atoms with Crippen molar-refractivity contribution >= 4 is 0 Å². The first-order valence-corrected chi connectivity index (χ1v) is 7.08. The van der Waals surface area contributed by atoms with Crippen molar-refractivity contribution in [3.63, 3.8) is 0 Å². The molecule has 0 aliphatic heterocycles. The second-order valence-electron chi connectivity index (χ2n) is 5.34. The molecule has 4 heteroatoms. The summed E-state index contributed by atoms with van der Waals surface area (Å²) in [4.78, 5) is 2.90. The van der Waals surface area contributed by atoms with Crippen molar-refractivity contribution in [3.05, 3.63) is 58.4 Å². The summed E-state index contributed by atoms with van der Waals surface area (Å²) in [5.41, 5.74) is -0.167. The van der Waals surface area contributed by atoms with E-state index in [4.69, 9.17) is 6.42 Å². The number of hydrogen-bond acceptors (Lipinski definition) is 0. The summed E-state index contributed by atoms with van der Waals surface area (Å²) in [6.45, 7) is 5.39. The predicted octanol–water partition coefficient (Wildman–Crippen LogP) is 4.68. The number of halogens is 3. The third-order valence-corrected chi connectivity index (χ3v) is 4.17. The Morgan fingerprint density at radius 1 is 1.14 bits per heavy atom. The predicted molar refractivity (Wildman–Crippen MR) is 81.8 cm³/mol. The van der Waals surface area contributed by atoms with Crippen molar-refractivity contribution in [2.45, 2.75) is 38.8 Å². The Morgan fingerprint density at radius 2 is 1.73 bits per heavy atom. The van der Waals surface area contributed by atoms with E-state index in [2.05, 4.69) is 4.98 Å². The van der Waals surface area contributed by atoms with Gasteiger partial charge in [0.05, 0.1) is 5.69 Å². The molecule has 1 aromatic carbocycles. The van der Waals surface area contributed by atoms with Crippen molar-refractivity contribution < 1.29 is 13.2 Å². The molecule has 22 heavy (non-hydrogen) atoms. The first-order valence-electron chi connectivity index (χ1n) is 7.08. The Labute approximate surface area is 128 Å². The van der Waals surface area contributed by atoms with Crippen LogP contribution in [0.15, 0.2) is 30.3 Å². The lowest BCUT2D eigenvalue weighted by Crippen LogP contribution is -2.43. The molecule has 1 heterocycles. The number of hydrogen-bond donors (Lipinski definition) is 1. The van der Waals surface area contributed by atoms with Crippen molar-refractivity contribution in [1.82, 2.24) is 4.98 Å². The molecule has 0 unspecified atom stereocenters. The fraction of sp³-hybridized carbons (Fsp3) is 0.333. The fourth-order valence-electron chi connectivity index (χ4n) is 3.07. The number of aryl methyl sites for hydroxylation is 1. The third kappa shape index (κ3) is 2.21. The maximum absolute atomic E-state index is 14.0. The van der Waals surface area contributed by atoms with Gasteiger partial charge in [0.25, 0.3) is 0 Å². The summed E-state index contributed by atoms with van der Waals surface area (Å²) >= 11 is 0. The molecular formula is C18H18F3N. The number of aromatic amines is 1. The Morgan fingerprint density at radius 3 is 2.14 bits per heavy atom. The molecule has 2 rings (SSSR count). The number of rotatable bonds is 3. The van der Waals surface area contributed by atoms with E-state index < -0.39 is 11.6 Å². The largest absolute Gasteiger partial charge is 0.414 e. The molecule has 0 aliphatic rings. The molecule has 0 fully saturated rings. The molecule has 0 spiro atoms. The first-order chi connectivity index (χ1) is 10.3. The highest BCUT2D eigenvalue weighted by Crippen LogP contribution is 2.47. The van der Waals surface area contributed by atoms with Gasteiger partial charge in [0.15, 0.2) is 5.41 Å². The Hall–Kier alpha value is -2.15. The molecule has 116 valence electrons. The summed E-state index contributed by atoms with van der Waals surface area (Å²) in [5.74, 6) is 2.04. The van der Waals surface area contributed by atoms with Crippen LogP contribution < -0.4 is 0 Å². The van der Waals surface area contributed by atoms with Crippen LogP contribution in [0, 0.1) is 26.2 Å². The van der Waals surface area contributed by atoms with Gasteiger partial charge in [0.2, 0.25) is 0 Å². The van der Waals surface area contributed by atoms with Crippen LogP contribution in [0.1, 0.15) is 35.0 Å². The van der Waals surface area contributed by atoms with Crippen molar-refractivity contribution in [2.75, 3.05) is 0 Å². The molecule has 1 N–H and O–H groups in total. The quantitative estimate of drug-likeness (QED) is 0.793. The van der Waals surface area contributed by atoms with Gasteiger partial charge in [0, 0.05) is 5.69 Å². The molecule has 1 nitrogen and oxygen atoms in total. The van der Waals surface area contributed by atoms with Gasteiger partial charge in [-0.2, -0.15) is 13.2 Å². The van der Waals surface area contributed by atoms with Crippen molar-refractivity contribution in [1.29, 1.82) is 0 Å². The molecule has 1 aromatic heterocycles. The van der Waals surface area contributed by atoms with Gasteiger partial charge < -0.3 is 4.98 Å². The van der Waals surface area contributed by atoms with Crippen LogP contribution in [0.25, 0.3) is 0 Å². The number of benzene rings is 1. The average molecular weight is 305 g/mol. The summed E-state index contributed by atoms with van der Waals surface area (Å²) in [5, 5.41) is 0. The number of aromatic nitrogens is 1. The van der Waals surface area contributed by atoms with E-state index in [-0.39, 0.29) is 11.3 Å². The molecule has 0 saturated heterocycles. The molecule has 0 saturated carbocycles. The van der Waals surface area contributed by atoms with Gasteiger partial charge in [0.1, 0.15) is 0 Å². The highest BCUT2D eigenvalue weighted by Gasteiger charge is 2.58. The van der Waals surface area contributed by atoms with E-state index in [0.29, 0.717) is 12.0 Å². The van der Waals surface area contributed by atoms with Gasteiger partial charge in [-0.05, 0) is 37.0 Å². The van der Waals surface area contributed by atoms with E-state index in [1.54, 1.807) is 32.0 Å². The van der Waals surface area contributed by atoms with Gasteiger partial charge in [-0.25, -0.2) is 0 Å². The minimum absolute atomic E-state index is 0.0445. The SMILES string of the molecule is C#C[C@](c1ccccc1)(c1[nH]c(C)c(CC)c1C)C(F)(F)F. The second-order valence-corrected chi connectivity index (χ2v) is 5.34. The molecule has 0 bridgehead atoms. The lowest BCUT2D eigenvalue weighted by molar-refractivity contribution is -0.162. The molecule has 0 amide bonds. The average Bonchev–Trinajstić information content (AvgIpc) is 2.75. The molecule has 0 aliphatic carbocycles. The summed E-state index contributed by atoms with van der Waals surface area (Å²) in [7, 11) is 0. The van der Waals surface area contributed by atoms with Crippen molar-refractivity contribution in [2.24, 2.45) is 0 Å². The second kappa shape index (κ2) is 5.57. The molecule has 0 radical (unpaired) electrons. The Kier molecular flexibility index (Phi) is 4.10. The maximum atomic E-state index is 14.0. The topological polar surface area (TPSA) is 15.8 Å². The lowest BCUT2D eigenvalue weighted by Gasteiger charge is -2.31. The summed E-state index contributed by atoms with van der Waals surface area (Å²) < 4.78 is 42.0. The van der Waals surface area contributed by atoms with Gasteiger partial charge in [-0.3, -0.25) is 0 Å². The highest BCUT2D eigenvalue weighted by molar-refractivity contribution is 5.53. The van der Waals surface area contributed by atoms with Crippen LogP contribution in [0.3, 0.4) is 0 Å². The van der Waals surface area contributed by atoms with E-state index in [0.717, 1.165) is 11.3 Å². The minimum atomic E-state index is -4.60. The van der Waals surface area contributed by atoms with Gasteiger partial charge in [-0.15, -0.1) is 6.42 Å². The van der Waals surface area contributed by atoms with E-state index in [9.17, 15) is 13.2 Å². The zero-order valence-electron chi connectivity index (χ0n) is 12.8. The van der Waals surface area contributed by atoms with Crippen LogP contribution in [0.5, 0.6) is 0 Å². The Balaban J connectivity index is 2.85. The van der Waals surface area contributed by atoms with Crippen LogP contribution in [0.2, 0.25) is 0 Å². The van der Waals surface area contributed by atoms with E-state index in [1.165, 1.54) is 12.1 Å². The molecule has 2 aromatic rings. The number of H-pyrrole nitrogens is 1. The first kappa shape index (κ1) is 16.2. The minimum Gasteiger partial charge on any atom is -0.360 e. The number of terminal acetylenes is 1. The van der Waals surface area contributed by atoms with Crippen LogP contribution in [0.4, 0.5) is 13.2 Å². The van der Waals surface area contributed by atoms with Crippen molar-refractivity contribution in [3.8, 4) is 12.3 Å². The zero-order chi connectivity index (χ0) is 16.5. The summed E-state index contributed by atoms with van der Waals surface area (Å²) in [6, 6.07) is 7.66. The van der Waals surface area contributed by atoms with Crippen LogP contribution in [-0.2, 0) is 11.8 Å². The van der Waals surface area contributed by atoms with Crippen LogP contribution >= 0.6 is 0 Å². The maximum Gasteiger partial charge on any atom is 0.414 e. The third-order valence-electron chi connectivity index (χ3n) is 4.17.